The van der Waals surface area contributed by atoms with Gasteiger partial charge in [0.2, 0.25) is 11.8 Å². The van der Waals surface area contributed by atoms with Gasteiger partial charge in [0.15, 0.2) is 0 Å². The first-order valence-electron chi connectivity index (χ1n) is 8.46. The SMILES string of the molecule is CCC(=O)Nc1ccc(NC(=O)N[C@@H](CC(C)C)C(=O)NC)cc1C. The number of hydrogen-bond donors (Lipinski definition) is 4. The van der Waals surface area contributed by atoms with Crippen LogP contribution in [-0.2, 0) is 9.59 Å². The molecule has 0 aromatic heterocycles. The molecule has 0 fully saturated rings. The summed E-state index contributed by atoms with van der Waals surface area (Å²) in [5, 5.41) is 10.8. The first kappa shape index (κ1) is 20.5. The van der Waals surface area contributed by atoms with Gasteiger partial charge < -0.3 is 21.3 Å². The lowest BCUT2D eigenvalue weighted by Gasteiger charge is -2.19. The summed E-state index contributed by atoms with van der Waals surface area (Å²) in [6.07, 6.45) is 0.951. The van der Waals surface area contributed by atoms with Crippen molar-refractivity contribution in [2.75, 3.05) is 17.7 Å². The average molecular weight is 348 g/mol. The zero-order chi connectivity index (χ0) is 19.0. The molecule has 0 aliphatic rings. The first-order valence-corrected chi connectivity index (χ1v) is 8.46. The van der Waals surface area contributed by atoms with Gasteiger partial charge in [0.25, 0.3) is 0 Å². The van der Waals surface area contributed by atoms with Crippen LogP contribution in [0.15, 0.2) is 18.2 Å². The van der Waals surface area contributed by atoms with Crippen LogP contribution in [0.2, 0.25) is 0 Å². The number of benzene rings is 1. The van der Waals surface area contributed by atoms with E-state index in [2.05, 4.69) is 21.3 Å². The minimum absolute atomic E-state index is 0.0661. The number of likely N-dealkylation sites (N-methyl/N-ethyl adjacent to an activating group) is 1. The summed E-state index contributed by atoms with van der Waals surface area (Å²) >= 11 is 0. The second kappa shape index (κ2) is 9.66. The van der Waals surface area contributed by atoms with Crippen molar-refractivity contribution in [2.24, 2.45) is 5.92 Å². The van der Waals surface area contributed by atoms with Crippen molar-refractivity contribution >= 4 is 29.2 Å². The van der Waals surface area contributed by atoms with E-state index in [1.165, 1.54) is 0 Å². The van der Waals surface area contributed by atoms with E-state index in [1.807, 2.05) is 20.8 Å². The number of amides is 4. The van der Waals surface area contributed by atoms with Gasteiger partial charge in [-0.1, -0.05) is 20.8 Å². The molecule has 0 unspecified atom stereocenters. The van der Waals surface area contributed by atoms with Crippen LogP contribution in [0.25, 0.3) is 0 Å². The molecule has 0 spiro atoms. The highest BCUT2D eigenvalue weighted by Gasteiger charge is 2.20. The first-order chi connectivity index (χ1) is 11.8. The van der Waals surface area contributed by atoms with Crippen molar-refractivity contribution in [2.45, 2.75) is 46.6 Å². The number of urea groups is 1. The van der Waals surface area contributed by atoms with Crippen LogP contribution >= 0.6 is 0 Å². The molecule has 0 saturated heterocycles. The lowest BCUT2D eigenvalue weighted by atomic mass is 10.0. The highest BCUT2D eigenvalue weighted by molar-refractivity contribution is 5.95. The Morgan fingerprint density at radius 2 is 1.80 bits per heavy atom. The maximum atomic E-state index is 12.2. The van der Waals surface area contributed by atoms with Gasteiger partial charge in [-0.15, -0.1) is 0 Å². The topological polar surface area (TPSA) is 99.3 Å². The fourth-order valence-corrected chi connectivity index (χ4v) is 2.32. The van der Waals surface area contributed by atoms with Gasteiger partial charge in [0.05, 0.1) is 0 Å². The highest BCUT2D eigenvalue weighted by Crippen LogP contribution is 2.20. The van der Waals surface area contributed by atoms with E-state index in [1.54, 1.807) is 32.2 Å². The standard InChI is InChI=1S/C18H28N4O3/c1-6-16(23)21-14-8-7-13(10-12(14)4)20-18(25)22-15(9-11(2)3)17(24)19-5/h7-8,10-11,15H,6,9H2,1-5H3,(H,19,24)(H,21,23)(H2,20,22,25)/t15-/m0/s1. The van der Waals surface area contributed by atoms with Crippen LogP contribution in [0.5, 0.6) is 0 Å². The summed E-state index contributed by atoms with van der Waals surface area (Å²) in [5.41, 5.74) is 2.13. The van der Waals surface area contributed by atoms with E-state index in [4.69, 9.17) is 0 Å². The lowest BCUT2D eigenvalue weighted by Crippen LogP contribution is -2.47. The number of hydrogen-bond acceptors (Lipinski definition) is 3. The molecule has 0 saturated carbocycles. The van der Waals surface area contributed by atoms with Gasteiger partial charge >= 0.3 is 6.03 Å². The number of nitrogens with one attached hydrogen (secondary N) is 4. The number of rotatable bonds is 7. The molecular weight excluding hydrogens is 320 g/mol. The van der Waals surface area contributed by atoms with E-state index in [-0.39, 0.29) is 17.7 Å². The fraction of sp³-hybridized carbons (Fsp3) is 0.500. The Kier molecular flexibility index (Phi) is 7.91. The van der Waals surface area contributed by atoms with Gasteiger partial charge in [-0.05, 0) is 43.0 Å². The van der Waals surface area contributed by atoms with E-state index in [9.17, 15) is 14.4 Å². The predicted molar refractivity (Wildman–Crippen MR) is 99.6 cm³/mol. The van der Waals surface area contributed by atoms with Crippen LogP contribution in [0.3, 0.4) is 0 Å². The molecule has 138 valence electrons. The third kappa shape index (κ3) is 6.82. The summed E-state index contributed by atoms with van der Waals surface area (Å²) in [6, 6.07) is 4.17. The zero-order valence-corrected chi connectivity index (χ0v) is 15.5. The molecule has 1 aromatic rings. The third-order valence-electron chi connectivity index (χ3n) is 3.65. The van der Waals surface area contributed by atoms with Crippen molar-refractivity contribution < 1.29 is 14.4 Å². The molecule has 0 bridgehead atoms. The summed E-state index contributed by atoms with van der Waals surface area (Å²) in [7, 11) is 1.54. The minimum atomic E-state index is -0.589. The van der Waals surface area contributed by atoms with Crippen molar-refractivity contribution in [1.82, 2.24) is 10.6 Å². The fourth-order valence-electron chi connectivity index (χ4n) is 2.32. The largest absolute Gasteiger partial charge is 0.357 e. The molecule has 4 amide bonds. The molecule has 1 atom stereocenters. The maximum absolute atomic E-state index is 12.2. The Balaban J connectivity index is 2.74. The van der Waals surface area contributed by atoms with E-state index in [0.717, 1.165) is 5.56 Å². The number of aryl methyl sites for hydroxylation is 1. The molecule has 25 heavy (non-hydrogen) atoms. The molecule has 7 nitrogen and oxygen atoms in total. The smallest absolute Gasteiger partial charge is 0.319 e. The monoisotopic (exact) mass is 348 g/mol. The maximum Gasteiger partial charge on any atom is 0.319 e. The Bertz CT molecular complexity index is 629. The van der Waals surface area contributed by atoms with Crippen molar-refractivity contribution in [1.29, 1.82) is 0 Å². The van der Waals surface area contributed by atoms with Gasteiger partial charge in [-0.2, -0.15) is 0 Å². The minimum Gasteiger partial charge on any atom is -0.357 e. The van der Waals surface area contributed by atoms with Gasteiger partial charge in [-0.25, -0.2) is 4.79 Å². The number of carbonyl (C=O) groups is 3. The van der Waals surface area contributed by atoms with Crippen molar-refractivity contribution in [3.05, 3.63) is 23.8 Å². The normalized spacial score (nSPS) is 11.6. The summed E-state index contributed by atoms with van der Waals surface area (Å²) in [6.45, 7) is 7.61. The highest BCUT2D eigenvalue weighted by atomic mass is 16.2. The van der Waals surface area contributed by atoms with Crippen LogP contribution in [0.4, 0.5) is 16.2 Å². The van der Waals surface area contributed by atoms with Crippen LogP contribution in [0.1, 0.15) is 39.2 Å². The summed E-state index contributed by atoms with van der Waals surface area (Å²) in [5.74, 6) is -0.0207. The molecule has 1 aromatic carbocycles. The van der Waals surface area contributed by atoms with E-state index < -0.39 is 12.1 Å². The summed E-state index contributed by atoms with van der Waals surface area (Å²) in [4.78, 5) is 35.5. The predicted octanol–water partition coefficient (Wildman–Crippen LogP) is 2.63. The number of anilines is 2. The molecule has 0 heterocycles. The summed E-state index contributed by atoms with van der Waals surface area (Å²) < 4.78 is 0. The van der Waals surface area contributed by atoms with Crippen molar-refractivity contribution in [3.63, 3.8) is 0 Å². The molecule has 0 aliphatic heterocycles. The average Bonchev–Trinajstić information content (AvgIpc) is 2.55. The molecule has 1 rings (SSSR count). The van der Waals surface area contributed by atoms with Crippen LogP contribution in [0, 0.1) is 12.8 Å². The Morgan fingerprint density at radius 1 is 1.12 bits per heavy atom. The lowest BCUT2D eigenvalue weighted by molar-refractivity contribution is -0.122. The second-order valence-corrected chi connectivity index (χ2v) is 6.33. The Hall–Kier alpha value is -2.57. The van der Waals surface area contributed by atoms with Gasteiger partial charge in [0, 0.05) is 24.8 Å². The van der Waals surface area contributed by atoms with Gasteiger partial charge in [-0.3, -0.25) is 9.59 Å². The van der Waals surface area contributed by atoms with E-state index in [0.29, 0.717) is 24.2 Å². The molecular formula is C18H28N4O3. The second-order valence-electron chi connectivity index (χ2n) is 6.33. The third-order valence-corrected chi connectivity index (χ3v) is 3.65. The number of carbonyl (C=O) groups excluding carboxylic acids is 3. The molecule has 0 aliphatic carbocycles. The zero-order valence-electron chi connectivity index (χ0n) is 15.5. The Labute approximate surface area is 148 Å². The quantitative estimate of drug-likeness (QED) is 0.609. The van der Waals surface area contributed by atoms with Crippen LogP contribution < -0.4 is 21.3 Å². The van der Waals surface area contributed by atoms with Gasteiger partial charge in [0.1, 0.15) is 6.04 Å². The van der Waals surface area contributed by atoms with E-state index >= 15 is 0 Å². The van der Waals surface area contributed by atoms with Crippen molar-refractivity contribution in [3.8, 4) is 0 Å². The molecule has 4 N–H and O–H groups in total. The molecule has 7 heteroatoms. The van der Waals surface area contributed by atoms with Crippen LogP contribution in [-0.4, -0.2) is 30.9 Å². The molecule has 0 radical (unpaired) electrons. The Morgan fingerprint density at radius 3 is 2.32 bits per heavy atom.